The average molecular weight is 350 g/mol. The van der Waals surface area contributed by atoms with Crippen LogP contribution in [0.25, 0.3) is 11.1 Å². The second-order valence-corrected chi connectivity index (χ2v) is 6.09. The summed E-state index contributed by atoms with van der Waals surface area (Å²) in [7, 11) is 0. The summed E-state index contributed by atoms with van der Waals surface area (Å²) in [4.78, 5) is 17.4. The highest BCUT2D eigenvalue weighted by Gasteiger charge is 2.28. The largest absolute Gasteiger partial charge is 0.448 e. The highest BCUT2D eigenvalue weighted by atomic mass is 19.3. The van der Waals surface area contributed by atoms with Crippen molar-refractivity contribution < 1.29 is 22.7 Å². The smallest absolute Gasteiger partial charge is 0.410 e. The van der Waals surface area contributed by atoms with Gasteiger partial charge in [0.2, 0.25) is 0 Å². The Bertz CT molecular complexity index is 818. The van der Waals surface area contributed by atoms with Gasteiger partial charge in [-0.2, -0.15) is 0 Å². The molecule has 1 aliphatic rings. The molecule has 2 heterocycles. The number of carbonyl (C=O) groups is 1. The Kier molecular flexibility index (Phi) is 4.41. The third-order valence-corrected chi connectivity index (χ3v) is 4.17. The van der Waals surface area contributed by atoms with Gasteiger partial charge in [-0.25, -0.2) is 18.0 Å². The Morgan fingerprint density at radius 1 is 1.28 bits per heavy atom. The molecular formula is C18H17F3N2O2. The number of ether oxygens (including phenoxy) is 1. The molecule has 7 heteroatoms. The van der Waals surface area contributed by atoms with Gasteiger partial charge in [0.25, 0.3) is 5.92 Å². The summed E-state index contributed by atoms with van der Waals surface area (Å²) >= 11 is 0. The minimum absolute atomic E-state index is 0.323. The van der Waals surface area contributed by atoms with E-state index in [2.05, 4.69) is 4.98 Å². The molecule has 1 aromatic heterocycles. The number of rotatable bonds is 4. The van der Waals surface area contributed by atoms with Crippen molar-refractivity contribution in [2.45, 2.75) is 26.3 Å². The second kappa shape index (κ2) is 6.38. The zero-order valence-electron chi connectivity index (χ0n) is 13.9. The van der Waals surface area contributed by atoms with Gasteiger partial charge in [0.05, 0.1) is 18.7 Å². The maximum Gasteiger partial charge on any atom is 0.410 e. The number of hydrogen-bond acceptors (Lipinski definition) is 3. The lowest BCUT2D eigenvalue weighted by atomic mass is 9.99. The van der Waals surface area contributed by atoms with Crippen LogP contribution in [0.2, 0.25) is 0 Å². The number of nitrogens with zero attached hydrogens (tertiary/aromatic N) is 2. The van der Waals surface area contributed by atoms with Gasteiger partial charge >= 0.3 is 6.09 Å². The van der Waals surface area contributed by atoms with Gasteiger partial charge in [-0.1, -0.05) is 6.07 Å². The van der Waals surface area contributed by atoms with Crippen molar-refractivity contribution in [1.82, 2.24) is 9.88 Å². The number of amides is 1. The molecule has 0 N–H and O–H groups in total. The standard InChI is InChI=1S/C18H17F3N2O2/c1-11-14(10-23-5-6-25-17(23)24)7-13(9-22-11)12-3-4-16(19)15(8-12)18(2,20)21/h3-4,7-9H,5-6,10H2,1-2H3. The Balaban J connectivity index is 1.96. The summed E-state index contributed by atoms with van der Waals surface area (Å²) in [5, 5.41) is 0. The minimum atomic E-state index is -3.28. The Labute approximate surface area is 143 Å². The monoisotopic (exact) mass is 350 g/mol. The number of halogens is 3. The van der Waals surface area contributed by atoms with E-state index in [1.54, 1.807) is 24.1 Å². The number of carbonyl (C=O) groups excluding carboxylic acids is 1. The van der Waals surface area contributed by atoms with Gasteiger partial charge in [0, 0.05) is 24.4 Å². The van der Waals surface area contributed by atoms with Gasteiger partial charge in [-0.05, 0) is 36.2 Å². The molecule has 1 fully saturated rings. The molecule has 2 aromatic rings. The number of aryl methyl sites for hydroxylation is 1. The molecule has 0 spiro atoms. The summed E-state index contributed by atoms with van der Waals surface area (Å²) in [6.07, 6.45) is 1.16. The van der Waals surface area contributed by atoms with Gasteiger partial charge in [-0.15, -0.1) is 0 Å². The average Bonchev–Trinajstić information content (AvgIpc) is 2.94. The predicted molar refractivity (Wildman–Crippen MR) is 85.7 cm³/mol. The fourth-order valence-corrected chi connectivity index (χ4v) is 2.71. The summed E-state index contributed by atoms with van der Waals surface area (Å²) < 4.78 is 45.7. The lowest BCUT2D eigenvalue weighted by Gasteiger charge is -2.16. The van der Waals surface area contributed by atoms with Crippen molar-refractivity contribution in [3.05, 3.63) is 53.1 Å². The molecule has 132 valence electrons. The first-order chi connectivity index (χ1) is 11.8. The molecule has 1 aliphatic heterocycles. The van der Waals surface area contributed by atoms with Gasteiger partial charge in [-0.3, -0.25) is 4.98 Å². The van der Waals surface area contributed by atoms with E-state index in [0.717, 1.165) is 23.4 Å². The lowest BCUT2D eigenvalue weighted by molar-refractivity contribution is 0.0138. The van der Waals surface area contributed by atoms with Crippen LogP contribution in [0, 0.1) is 12.7 Å². The van der Waals surface area contributed by atoms with Crippen LogP contribution in [0.3, 0.4) is 0 Å². The number of hydrogen-bond donors (Lipinski definition) is 0. The first kappa shape index (κ1) is 17.3. The van der Waals surface area contributed by atoms with Gasteiger partial charge < -0.3 is 9.64 Å². The van der Waals surface area contributed by atoms with Crippen LogP contribution in [-0.4, -0.2) is 29.1 Å². The van der Waals surface area contributed by atoms with E-state index in [9.17, 15) is 18.0 Å². The van der Waals surface area contributed by atoms with E-state index in [4.69, 9.17) is 4.74 Å². The van der Waals surface area contributed by atoms with E-state index in [1.165, 1.54) is 6.07 Å². The molecular weight excluding hydrogens is 333 g/mol. The van der Waals surface area contributed by atoms with Gasteiger partial charge in [0.15, 0.2) is 0 Å². The molecule has 4 nitrogen and oxygen atoms in total. The maximum atomic E-state index is 13.7. The summed E-state index contributed by atoms with van der Waals surface area (Å²) in [5.74, 6) is -4.23. The van der Waals surface area contributed by atoms with Crippen molar-refractivity contribution >= 4 is 6.09 Å². The van der Waals surface area contributed by atoms with Crippen LogP contribution in [0.15, 0.2) is 30.5 Å². The Morgan fingerprint density at radius 3 is 2.68 bits per heavy atom. The maximum absolute atomic E-state index is 13.7. The van der Waals surface area contributed by atoms with Crippen molar-refractivity contribution in [1.29, 1.82) is 0 Å². The van der Waals surface area contributed by atoms with E-state index in [1.807, 2.05) is 0 Å². The number of pyridine rings is 1. The molecule has 0 radical (unpaired) electrons. The third-order valence-electron chi connectivity index (χ3n) is 4.17. The summed E-state index contributed by atoms with van der Waals surface area (Å²) in [5.41, 5.74) is 1.88. The van der Waals surface area contributed by atoms with E-state index >= 15 is 0 Å². The normalized spacial score (nSPS) is 14.8. The Hall–Kier alpha value is -2.57. The van der Waals surface area contributed by atoms with E-state index in [0.29, 0.717) is 37.7 Å². The van der Waals surface area contributed by atoms with Gasteiger partial charge in [0.1, 0.15) is 12.4 Å². The fourth-order valence-electron chi connectivity index (χ4n) is 2.71. The summed E-state index contributed by atoms with van der Waals surface area (Å²) in [6, 6.07) is 5.37. The highest BCUT2D eigenvalue weighted by molar-refractivity contribution is 5.70. The van der Waals surface area contributed by atoms with Crippen molar-refractivity contribution in [3.63, 3.8) is 0 Å². The van der Waals surface area contributed by atoms with Crippen LogP contribution < -0.4 is 0 Å². The molecule has 0 atom stereocenters. The molecule has 0 bridgehead atoms. The predicted octanol–water partition coefficient (Wildman–Crippen LogP) is 4.26. The lowest BCUT2D eigenvalue weighted by Crippen LogP contribution is -2.24. The molecule has 0 saturated carbocycles. The van der Waals surface area contributed by atoms with Crippen molar-refractivity contribution in [2.24, 2.45) is 0 Å². The minimum Gasteiger partial charge on any atom is -0.448 e. The number of cyclic esters (lactones) is 1. The fraction of sp³-hybridized carbons (Fsp3) is 0.333. The molecule has 3 rings (SSSR count). The zero-order valence-corrected chi connectivity index (χ0v) is 13.9. The van der Waals surface area contributed by atoms with Crippen LogP contribution in [0.5, 0.6) is 0 Å². The van der Waals surface area contributed by atoms with Crippen LogP contribution >= 0.6 is 0 Å². The van der Waals surface area contributed by atoms with Crippen LogP contribution in [0.4, 0.5) is 18.0 Å². The molecule has 1 saturated heterocycles. The van der Waals surface area contributed by atoms with Crippen molar-refractivity contribution in [2.75, 3.05) is 13.2 Å². The molecule has 0 unspecified atom stereocenters. The molecule has 1 amide bonds. The zero-order chi connectivity index (χ0) is 18.2. The van der Waals surface area contributed by atoms with Crippen LogP contribution in [0.1, 0.15) is 23.7 Å². The third kappa shape index (κ3) is 3.60. The second-order valence-electron chi connectivity index (χ2n) is 6.09. The number of benzene rings is 1. The highest BCUT2D eigenvalue weighted by Crippen LogP contribution is 2.33. The topological polar surface area (TPSA) is 42.4 Å². The number of aromatic nitrogens is 1. The van der Waals surface area contributed by atoms with E-state index < -0.39 is 17.3 Å². The molecule has 0 aliphatic carbocycles. The first-order valence-corrected chi connectivity index (χ1v) is 7.81. The van der Waals surface area contributed by atoms with Crippen molar-refractivity contribution in [3.8, 4) is 11.1 Å². The quantitative estimate of drug-likeness (QED) is 0.827. The number of alkyl halides is 2. The SMILES string of the molecule is Cc1ncc(-c2ccc(F)c(C(C)(F)F)c2)cc1CN1CCOC1=O. The van der Waals surface area contributed by atoms with Crippen LogP contribution in [-0.2, 0) is 17.2 Å². The van der Waals surface area contributed by atoms with E-state index in [-0.39, 0.29) is 6.09 Å². The molecule has 1 aromatic carbocycles. The molecule has 25 heavy (non-hydrogen) atoms. The summed E-state index contributed by atoms with van der Waals surface area (Å²) in [6.45, 7) is 3.62. The first-order valence-electron chi connectivity index (χ1n) is 7.81. The Morgan fingerprint density at radius 2 is 2.04 bits per heavy atom.